The number of nitrogens with two attached hydrogens (primary N) is 1. The number of nitrogens with zero attached hydrogens (tertiary/aromatic N) is 4. The number of aryl methyl sites for hydroxylation is 1. The third-order valence-electron chi connectivity index (χ3n) is 7.36. The van der Waals surface area contributed by atoms with Crippen molar-refractivity contribution < 1.29 is 40.4 Å². The maximum atomic E-state index is 13.4. The van der Waals surface area contributed by atoms with Crippen molar-refractivity contribution in [3.63, 3.8) is 0 Å². The Kier molecular flexibility index (Phi) is 10.6. The average molecular weight is 704 g/mol. The molecule has 0 radical (unpaired) electrons. The second kappa shape index (κ2) is 14.6. The van der Waals surface area contributed by atoms with Gasteiger partial charge in [0.2, 0.25) is 5.88 Å². The Morgan fingerprint density at radius 3 is 2.29 bits per heavy atom. The summed E-state index contributed by atoms with van der Waals surface area (Å²) >= 11 is 0.992. The monoisotopic (exact) mass is 703 g/mol. The summed E-state index contributed by atoms with van der Waals surface area (Å²) in [6, 6.07) is 20.5. The maximum absolute atomic E-state index is 13.4. The summed E-state index contributed by atoms with van der Waals surface area (Å²) in [4.78, 5) is 21.6. The number of fused-ring (bicyclic) bond motifs is 1. The second-order valence-corrected chi connectivity index (χ2v) is 13.5. The molecule has 48 heavy (non-hydrogen) atoms. The van der Waals surface area contributed by atoms with Crippen LogP contribution in [0, 0.1) is 0 Å². The van der Waals surface area contributed by atoms with Crippen LogP contribution in [0.1, 0.15) is 16.1 Å². The lowest BCUT2D eigenvalue weighted by Crippen LogP contribution is -2.48. The fraction of sp³-hybridized carbons (Fsp3) is 0.250. The fourth-order valence-electron chi connectivity index (χ4n) is 4.95. The van der Waals surface area contributed by atoms with E-state index in [0.717, 1.165) is 27.8 Å². The van der Waals surface area contributed by atoms with Crippen molar-refractivity contribution in [2.75, 3.05) is 38.5 Å². The van der Waals surface area contributed by atoms with E-state index in [4.69, 9.17) is 19.8 Å². The molecule has 3 N–H and O–H groups in total. The molecule has 254 valence electrons. The number of amides is 1. The minimum Gasteiger partial charge on any atom is -0.484 e. The van der Waals surface area contributed by atoms with Gasteiger partial charge in [0.05, 0.1) is 17.4 Å². The molecule has 0 aliphatic carbocycles. The van der Waals surface area contributed by atoms with Crippen LogP contribution in [0.4, 0.5) is 18.9 Å². The number of thiophene rings is 1. The third kappa shape index (κ3) is 9.25. The SMILES string of the molecule is Cn1c(C(=O)N2CCN(Cc3ccc(OCC(F)(F)F)cc3)CC2)cc2ccc(Oc3ccc(N)cn3)cc21.O=S(=O)(O)c1cccs1. The molecule has 16 heteroatoms. The quantitative estimate of drug-likeness (QED) is 0.191. The minimum atomic E-state index is -4.37. The van der Waals surface area contributed by atoms with Crippen molar-refractivity contribution in [1.82, 2.24) is 19.4 Å². The molecular weight excluding hydrogens is 672 g/mol. The van der Waals surface area contributed by atoms with Crippen LogP contribution in [0.15, 0.2) is 88.6 Å². The normalized spacial score (nSPS) is 14.0. The molecule has 2 aromatic carbocycles. The highest BCUT2D eigenvalue weighted by Crippen LogP contribution is 2.28. The zero-order valence-corrected chi connectivity index (χ0v) is 27.3. The van der Waals surface area contributed by atoms with E-state index in [9.17, 15) is 26.4 Å². The lowest BCUT2D eigenvalue weighted by molar-refractivity contribution is -0.153. The summed E-state index contributed by atoms with van der Waals surface area (Å²) in [5.41, 5.74) is 8.66. The Bertz CT molecular complexity index is 1940. The summed E-state index contributed by atoms with van der Waals surface area (Å²) in [7, 11) is -2.08. The van der Waals surface area contributed by atoms with Crippen molar-refractivity contribution in [3.05, 3.63) is 95.6 Å². The second-order valence-electron chi connectivity index (χ2n) is 10.9. The smallest absolute Gasteiger partial charge is 0.422 e. The van der Waals surface area contributed by atoms with E-state index in [2.05, 4.69) is 9.88 Å². The molecule has 1 saturated heterocycles. The number of anilines is 1. The van der Waals surface area contributed by atoms with Gasteiger partial charge in [-0.3, -0.25) is 14.2 Å². The van der Waals surface area contributed by atoms with Gasteiger partial charge in [-0.25, -0.2) is 4.98 Å². The van der Waals surface area contributed by atoms with E-state index in [-0.39, 0.29) is 15.9 Å². The van der Waals surface area contributed by atoms with E-state index in [0.29, 0.717) is 55.7 Å². The van der Waals surface area contributed by atoms with Gasteiger partial charge in [-0.1, -0.05) is 18.2 Å². The maximum Gasteiger partial charge on any atom is 0.422 e. The predicted octanol–water partition coefficient (Wildman–Crippen LogP) is 5.84. The third-order valence-corrected chi connectivity index (χ3v) is 9.59. The first-order valence-electron chi connectivity index (χ1n) is 14.6. The fourth-order valence-corrected chi connectivity index (χ4v) is 6.30. The molecule has 0 saturated carbocycles. The number of aromatic nitrogens is 2. The molecule has 0 unspecified atom stereocenters. The summed E-state index contributed by atoms with van der Waals surface area (Å²) in [6.07, 6.45) is -2.84. The molecule has 1 fully saturated rings. The highest BCUT2D eigenvalue weighted by Gasteiger charge is 2.28. The van der Waals surface area contributed by atoms with Gasteiger partial charge in [0.15, 0.2) is 6.61 Å². The number of ether oxygens (including phenoxy) is 2. The minimum absolute atomic E-state index is 0.0116. The number of benzene rings is 2. The first-order chi connectivity index (χ1) is 22.7. The number of pyridine rings is 1. The number of piperazine rings is 1. The first-order valence-corrected chi connectivity index (χ1v) is 16.9. The van der Waals surface area contributed by atoms with Gasteiger partial charge in [0.25, 0.3) is 5.91 Å². The molecule has 0 spiro atoms. The van der Waals surface area contributed by atoms with Crippen LogP contribution in [0.5, 0.6) is 17.4 Å². The Labute approximate surface area is 278 Å². The first kappa shape index (κ1) is 34.7. The number of carbonyl (C=O) groups is 1. The van der Waals surface area contributed by atoms with Gasteiger partial charge in [-0.2, -0.15) is 21.6 Å². The van der Waals surface area contributed by atoms with Crippen LogP contribution in [-0.2, 0) is 23.7 Å². The average Bonchev–Trinajstić information content (AvgIpc) is 3.71. The molecular formula is C32H32F3N5O6S2. The van der Waals surface area contributed by atoms with Gasteiger partial charge in [-0.15, -0.1) is 11.3 Å². The molecule has 4 heterocycles. The topological polar surface area (TPSA) is 140 Å². The van der Waals surface area contributed by atoms with Crippen molar-refractivity contribution in [3.8, 4) is 17.4 Å². The molecule has 3 aromatic heterocycles. The van der Waals surface area contributed by atoms with E-state index in [1.165, 1.54) is 12.3 Å². The van der Waals surface area contributed by atoms with Crippen LogP contribution in [0.3, 0.4) is 0 Å². The summed E-state index contributed by atoms with van der Waals surface area (Å²) in [5, 5.41) is 2.52. The Hall–Kier alpha value is -4.64. The molecule has 5 aromatic rings. The predicted molar refractivity (Wildman–Crippen MR) is 175 cm³/mol. The van der Waals surface area contributed by atoms with E-state index >= 15 is 0 Å². The lowest BCUT2D eigenvalue weighted by Gasteiger charge is -2.34. The Morgan fingerprint density at radius 2 is 1.71 bits per heavy atom. The number of halogens is 3. The van der Waals surface area contributed by atoms with Crippen LogP contribution < -0.4 is 15.2 Å². The zero-order chi connectivity index (χ0) is 34.5. The van der Waals surface area contributed by atoms with Gasteiger partial charge in [0, 0.05) is 57.3 Å². The van der Waals surface area contributed by atoms with Crippen molar-refractivity contribution >= 4 is 44.0 Å². The molecule has 1 amide bonds. The molecule has 0 bridgehead atoms. The molecule has 6 rings (SSSR count). The van der Waals surface area contributed by atoms with Gasteiger partial charge in [0.1, 0.15) is 21.4 Å². The lowest BCUT2D eigenvalue weighted by atomic mass is 10.2. The van der Waals surface area contributed by atoms with Crippen LogP contribution >= 0.6 is 11.3 Å². The van der Waals surface area contributed by atoms with Crippen LogP contribution in [0.2, 0.25) is 0 Å². The summed E-state index contributed by atoms with van der Waals surface area (Å²) < 4.78 is 78.3. The number of hydrogen-bond donors (Lipinski definition) is 2. The highest BCUT2D eigenvalue weighted by atomic mass is 32.3. The van der Waals surface area contributed by atoms with Gasteiger partial charge < -0.3 is 24.7 Å². The van der Waals surface area contributed by atoms with Gasteiger partial charge in [-0.05, 0) is 53.4 Å². The number of carbonyl (C=O) groups excluding carboxylic acids is 1. The number of hydrogen-bond acceptors (Lipinski definition) is 9. The van der Waals surface area contributed by atoms with Crippen LogP contribution in [0.25, 0.3) is 10.9 Å². The number of nitrogen functional groups attached to an aromatic ring is 1. The van der Waals surface area contributed by atoms with Crippen molar-refractivity contribution in [1.29, 1.82) is 0 Å². The Morgan fingerprint density at radius 1 is 1.00 bits per heavy atom. The largest absolute Gasteiger partial charge is 0.484 e. The van der Waals surface area contributed by atoms with Crippen molar-refractivity contribution in [2.45, 2.75) is 16.9 Å². The molecule has 11 nitrogen and oxygen atoms in total. The molecule has 0 atom stereocenters. The van der Waals surface area contributed by atoms with E-state index in [1.54, 1.807) is 47.8 Å². The van der Waals surface area contributed by atoms with Crippen molar-refractivity contribution in [2.24, 2.45) is 7.05 Å². The Balaban J connectivity index is 0.000000434. The molecule has 1 aliphatic rings. The van der Waals surface area contributed by atoms with E-state index in [1.807, 2.05) is 40.8 Å². The zero-order valence-electron chi connectivity index (χ0n) is 25.6. The summed E-state index contributed by atoms with van der Waals surface area (Å²) in [6.45, 7) is 1.86. The molecule has 1 aliphatic heterocycles. The number of rotatable bonds is 8. The standard InChI is InChI=1S/C28H28F3N5O3.C4H4O3S2/c1-34-24-15-23(39-26-9-5-21(32)16-33-26)8-4-20(24)14-25(34)27(37)36-12-10-35(11-13-36)17-19-2-6-22(7-3-19)38-18-28(29,30)31;5-9(6,7)4-2-1-3-8-4/h2-9,14-16H,10-13,17-18,32H2,1H3;1-3H,(H,5,6,7). The number of alkyl halides is 3. The van der Waals surface area contributed by atoms with E-state index < -0.39 is 22.9 Å². The van der Waals surface area contributed by atoms with Gasteiger partial charge >= 0.3 is 16.3 Å². The van der Waals surface area contributed by atoms with Crippen LogP contribution in [-0.4, -0.2) is 77.2 Å². The summed E-state index contributed by atoms with van der Waals surface area (Å²) in [5.74, 6) is 1.18. The highest BCUT2D eigenvalue weighted by molar-refractivity contribution is 7.88.